The molecular formula is C9H10ClN4S-. The van der Waals surface area contributed by atoms with Crippen molar-refractivity contribution in [3.8, 4) is 0 Å². The quantitative estimate of drug-likeness (QED) is 0.556. The molecule has 1 aliphatic heterocycles. The lowest BCUT2D eigenvalue weighted by Crippen LogP contribution is -3.00. The molecule has 0 radical (unpaired) electrons. The molecule has 0 spiro atoms. The Morgan fingerprint density at radius 1 is 1.40 bits per heavy atom. The third-order valence-corrected chi connectivity index (χ3v) is 3.68. The number of hydrogen-bond acceptors (Lipinski definition) is 5. The minimum atomic E-state index is 0. The van der Waals surface area contributed by atoms with E-state index in [0.29, 0.717) is 5.82 Å². The van der Waals surface area contributed by atoms with Gasteiger partial charge in [-0.05, 0) is 18.5 Å². The van der Waals surface area contributed by atoms with Gasteiger partial charge < -0.3 is 23.5 Å². The highest BCUT2D eigenvalue weighted by Gasteiger charge is 2.18. The van der Waals surface area contributed by atoms with Gasteiger partial charge in [-0.2, -0.15) is 0 Å². The van der Waals surface area contributed by atoms with Gasteiger partial charge in [0.25, 0.3) is 0 Å². The van der Waals surface area contributed by atoms with Crippen LogP contribution in [0.2, 0.25) is 0 Å². The van der Waals surface area contributed by atoms with Gasteiger partial charge >= 0.3 is 0 Å². The number of aromatic nitrogens is 2. The Bertz CT molecular complexity index is 496. The number of nitrogens with two attached hydrogens (primary N) is 1. The van der Waals surface area contributed by atoms with E-state index in [-0.39, 0.29) is 12.4 Å². The molecule has 0 fully saturated rings. The Balaban J connectivity index is 0.000000853. The summed E-state index contributed by atoms with van der Waals surface area (Å²) in [6.45, 7) is 1.96. The lowest BCUT2D eigenvalue weighted by Gasteiger charge is -2.12. The highest BCUT2D eigenvalue weighted by Crippen LogP contribution is 2.34. The maximum Gasteiger partial charge on any atom is 0.135 e. The van der Waals surface area contributed by atoms with Crippen LogP contribution in [-0.4, -0.2) is 16.5 Å². The molecule has 80 valence electrons. The summed E-state index contributed by atoms with van der Waals surface area (Å²) in [5.74, 6) is 0.620. The van der Waals surface area contributed by atoms with Gasteiger partial charge in [-0.25, -0.2) is 9.97 Å². The monoisotopic (exact) mass is 241 g/mol. The summed E-state index contributed by atoms with van der Waals surface area (Å²) in [6, 6.07) is 0. The number of halogens is 1. The van der Waals surface area contributed by atoms with E-state index in [2.05, 4.69) is 15.3 Å². The van der Waals surface area contributed by atoms with E-state index < -0.39 is 0 Å². The largest absolute Gasteiger partial charge is 1.00 e. The first-order chi connectivity index (χ1) is 6.86. The number of fused-ring (bicyclic) bond motifs is 3. The first-order valence-corrected chi connectivity index (χ1v) is 5.39. The average molecular weight is 242 g/mol. The summed E-state index contributed by atoms with van der Waals surface area (Å²) in [6.07, 6.45) is 2.57. The van der Waals surface area contributed by atoms with E-state index >= 15 is 0 Å². The second-order valence-corrected chi connectivity index (χ2v) is 4.45. The van der Waals surface area contributed by atoms with Crippen molar-refractivity contribution in [3.05, 3.63) is 16.8 Å². The van der Waals surface area contributed by atoms with E-state index in [0.717, 1.165) is 29.7 Å². The zero-order valence-electron chi connectivity index (χ0n) is 7.96. The summed E-state index contributed by atoms with van der Waals surface area (Å²) in [4.78, 5) is 10.7. The summed E-state index contributed by atoms with van der Waals surface area (Å²) in [7, 11) is 0. The first-order valence-electron chi connectivity index (χ1n) is 4.57. The zero-order valence-corrected chi connectivity index (χ0v) is 9.53. The highest BCUT2D eigenvalue weighted by molar-refractivity contribution is 7.18. The smallest absolute Gasteiger partial charge is 0.135 e. The molecule has 3 N–H and O–H groups in total. The van der Waals surface area contributed by atoms with E-state index in [1.807, 2.05) is 0 Å². The van der Waals surface area contributed by atoms with E-state index in [9.17, 15) is 0 Å². The van der Waals surface area contributed by atoms with Crippen LogP contribution >= 0.6 is 11.3 Å². The molecule has 6 heteroatoms. The van der Waals surface area contributed by atoms with Crippen LogP contribution in [0.3, 0.4) is 0 Å². The van der Waals surface area contributed by atoms with Crippen LogP contribution in [0.4, 0.5) is 5.82 Å². The zero-order chi connectivity index (χ0) is 9.54. The molecule has 2 aromatic rings. The molecule has 3 heterocycles. The average Bonchev–Trinajstić information content (AvgIpc) is 2.57. The first kappa shape index (κ1) is 10.6. The van der Waals surface area contributed by atoms with Gasteiger partial charge in [-0.3, -0.25) is 0 Å². The molecule has 0 unspecified atom stereocenters. The molecule has 0 saturated heterocycles. The van der Waals surface area contributed by atoms with E-state index in [1.54, 1.807) is 11.3 Å². The van der Waals surface area contributed by atoms with Crippen LogP contribution in [0.15, 0.2) is 6.33 Å². The van der Waals surface area contributed by atoms with Gasteiger partial charge in [-0.15, -0.1) is 11.3 Å². The number of nitrogens with zero attached hydrogens (tertiary/aromatic N) is 2. The number of anilines is 1. The van der Waals surface area contributed by atoms with Crippen molar-refractivity contribution in [2.75, 3.05) is 12.3 Å². The second-order valence-electron chi connectivity index (χ2n) is 3.37. The molecule has 0 saturated carbocycles. The van der Waals surface area contributed by atoms with Crippen LogP contribution in [0.5, 0.6) is 0 Å². The standard InChI is InChI=1S/C9H10N4S.ClH/c10-8-7-5-1-2-11-3-6(5)14-9(7)13-4-12-8;/h4,11H,1-3H2,(H2,10,12,13);1H/p-1. The Morgan fingerprint density at radius 2 is 2.27 bits per heavy atom. The molecule has 4 nitrogen and oxygen atoms in total. The van der Waals surface area contributed by atoms with Gasteiger partial charge in [0, 0.05) is 11.4 Å². The third-order valence-electron chi connectivity index (χ3n) is 2.54. The normalized spacial score (nSPS) is 14.7. The van der Waals surface area contributed by atoms with Gasteiger partial charge in [0.15, 0.2) is 0 Å². The lowest BCUT2D eigenvalue weighted by molar-refractivity contribution is -0.00000290. The number of nitrogen functional groups attached to an aromatic ring is 1. The number of hydrogen-bond donors (Lipinski definition) is 2. The summed E-state index contributed by atoms with van der Waals surface area (Å²) < 4.78 is 0. The highest BCUT2D eigenvalue weighted by atomic mass is 35.5. The maximum atomic E-state index is 5.86. The van der Waals surface area contributed by atoms with Crippen molar-refractivity contribution < 1.29 is 12.4 Å². The Kier molecular flexibility index (Phi) is 2.77. The maximum absolute atomic E-state index is 5.86. The van der Waals surface area contributed by atoms with Gasteiger partial charge in [-0.1, -0.05) is 0 Å². The van der Waals surface area contributed by atoms with Crippen molar-refractivity contribution in [2.24, 2.45) is 0 Å². The number of thiophene rings is 1. The van der Waals surface area contributed by atoms with Crippen LogP contribution in [-0.2, 0) is 13.0 Å². The molecule has 15 heavy (non-hydrogen) atoms. The van der Waals surface area contributed by atoms with E-state index in [4.69, 9.17) is 5.73 Å². The second kappa shape index (κ2) is 3.92. The fourth-order valence-corrected chi connectivity index (χ4v) is 3.05. The van der Waals surface area contributed by atoms with Crippen LogP contribution in [0.25, 0.3) is 10.2 Å². The van der Waals surface area contributed by atoms with Crippen molar-refractivity contribution in [1.82, 2.24) is 15.3 Å². The summed E-state index contributed by atoms with van der Waals surface area (Å²) >= 11 is 1.72. The molecule has 0 amide bonds. The van der Waals surface area contributed by atoms with Gasteiger partial charge in [0.05, 0.1) is 5.39 Å². The molecule has 0 bridgehead atoms. The molecule has 0 aromatic carbocycles. The topological polar surface area (TPSA) is 63.8 Å². The number of nitrogens with one attached hydrogen (secondary N) is 1. The fraction of sp³-hybridized carbons (Fsp3) is 0.333. The fourth-order valence-electron chi connectivity index (χ4n) is 1.88. The van der Waals surface area contributed by atoms with E-state index in [1.165, 1.54) is 16.8 Å². The minimum absolute atomic E-state index is 0. The van der Waals surface area contributed by atoms with Crippen molar-refractivity contribution in [1.29, 1.82) is 0 Å². The van der Waals surface area contributed by atoms with Crippen LogP contribution in [0, 0.1) is 0 Å². The molecule has 3 rings (SSSR count). The SMILES string of the molecule is Nc1ncnc2sc3c(c12)CCNC3.[Cl-]. The lowest BCUT2D eigenvalue weighted by atomic mass is 10.1. The predicted octanol–water partition coefficient (Wildman–Crippen LogP) is -2.08. The van der Waals surface area contributed by atoms with Crippen molar-refractivity contribution in [2.45, 2.75) is 13.0 Å². The van der Waals surface area contributed by atoms with Gasteiger partial charge in [0.1, 0.15) is 17.0 Å². The number of rotatable bonds is 0. The van der Waals surface area contributed by atoms with Crippen molar-refractivity contribution >= 4 is 27.4 Å². The Labute approximate surface area is 97.3 Å². The summed E-state index contributed by atoms with van der Waals surface area (Å²) in [5.41, 5.74) is 7.21. The molecule has 2 aromatic heterocycles. The molecule has 1 aliphatic rings. The predicted molar refractivity (Wildman–Crippen MR) is 57.2 cm³/mol. The molecule has 0 atom stereocenters. The van der Waals surface area contributed by atoms with Crippen LogP contribution in [0.1, 0.15) is 10.4 Å². The minimum Gasteiger partial charge on any atom is -1.00 e. The van der Waals surface area contributed by atoms with Gasteiger partial charge in [0.2, 0.25) is 0 Å². The van der Waals surface area contributed by atoms with Crippen molar-refractivity contribution in [3.63, 3.8) is 0 Å². The summed E-state index contributed by atoms with van der Waals surface area (Å²) in [5, 5.41) is 4.42. The molecular weight excluding hydrogens is 232 g/mol. The Morgan fingerprint density at radius 3 is 3.13 bits per heavy atom. The molecule has 0 aliphatic carbocycles. The van der Waals surface area contributed by atoms with Crippen LogP contribution < -0.4 is 23.5 Å². The Hall–Kier alpha value is -0.910. The third kappa shape index (κ3) is 1.56.